The molecule has 2 aromatic heterocycles. The molecular formula is C25H23N3O4S. The van der Waals surface area contributed by atoms with Crippen LogP contribution in [0, 0.1) is 10.1 Å². The third kappa shape index (κ3) is 4.70. The van der Waals surface area contributed by atoms with Crippen LogP contribution in [-0.2, 0) is 11.8 Å². The monoisotopic (exact) mass is 461 g/mol. The molecule has 7 nitrogen and oxygen atoms in total. The molecule has 0 fully saturated rings. The van der Waals surface area contributed by atoms with E-state index in [1.807, 2.05) is 30.3 Å². The lowest BCUT2D eigenvalue weighted by molar-refractivity contribution is -0.385. The predicted molar refractivity (Wildman–Crippen MR) is 132 cm³/mol. The van der Waals surface area contributed by atoms with E-state index in [-0.39, 0.29) is 22.4 Å². The van der Waals surface area contributed by atoms with Gasteiger partial charge in [-0.3, -0.25) is 14.9 Å². The molecule has 0 amide bonds. The molecule has 0 spiro atoms. The predicted octanol–water partition coefficient (Wildman–Crippen LogP) is 5.66. The summed E-state index contributed by atoms with van der Waals surface area (Å²) in [7, 11) is 0. The summed E-state index contributed by atoms with van der Waals surface area (Å²) >= 11 is 1.46. The maximum absolute atomic E-state index is 12.7. The Hall–Kier alpha value is -3.78. The van der Waals surface area contributed by atoms with Crippen LogP contribution in [0.2, 0.25) is 0 Å². The average Bonchev–Trinajstić information content (AvgIpc) is 3.16. The number of para-hydroxylation sites is 2. The van der Waals surface area contributed by atoms with E-state index in [1.54, 1.807) is 18.2 Å². The van der Waals surface area contributed by atoms with Crippen molar-refractivity contribution in [2.24, 2.45) is 0 Å². The highest BCUT2D eigenvalue weighted by atomic mass is 32.1. The molecule has 4 rings (SSSR count). The molecule has 0 aliphatic rings. The summed E-state index contributed by atoms with van der Waals surface area (Å²) in [5.74, 6) is -0.380. The Morgan fingerprint density at radius 3 is 2.64 bits per heavy atom. The van der Waals surface area contributed by atoms with Crippen molar-refractivity contribution in [3.8, 4) is 5.75 Å². The largest absolute Gasteiger partial charge is 0.502 e. The Morgan fingerprint density at radius 1 is 1.15 bits per heavy atom. The Kier molecular flexibility index (Phi) is 5.86. The van der Waals surface area contributed by atoms with Crippen LogP contribution < -0.4 is 5.56 Å². The van der Waals surface area contributed by atoms with Crippen molar-refractivity contribution >= 4 is 40.1 Å². The van der Waals surface area contributed by atoms with E-state index in [2.05, 4.69) is 25.8 Å². The van der Waals surface area contributed by atoms with E-state index in [0.717, 1.165) is 21.5 Å². The second kappa shape index (κ2) is 8.63. The van der Waals surface area contributed by atoms with Gasteiger partial charge in [-0.1, -0.05) is 51.1 Å². The van der Waals surface area contributed by atoms with Gasteiger partial charge in [-0.15, -0.1) is 11.3 Å². The van der Waals surface area contributed by atoms with Gasteiger partial charge in [0.25, 0.3) is 5.56 Å². The normalized spacial score (nSPS) is 12.0. The topological polar surface area (TPSA) is 109 Å². The number of benzene rings is 2. The first-order chi connectivity index (χ1) is 15.6. The quantitative estimate of drug-likeness (QED) is 0.294. The average molecular weight is 462 g/mol. The van der Waals surface area contributed by atoms with Gasteiger partial charge in [-0.05, 0) is 29.7 Å². The lowest BCUT2D eigenvalue weighted by atomic mass is 9.90. The van der Waals surface area contributed by atoms with Crippen LogP contribution in [0.5, 0.6) is 5.75 Å². The van der Waals surface area contributed by atoms with Gasteiger partial charge in [0.1, 0.15) is 5.01 Å². The number of aromatic nitrogens is 2. The number of aromatic amines is 1. The number of nitro groups is 1. The number of nitrogens with one attached hydrogen (secondary N) is 1. The molecule has 0 unspecified atom stereocenters. The van der Waals surface area contributed by atoms with Crippen molar-refractivity contribution in [3.63, 3.8) is 0 Å². The number of H-pyrrole nitrogens is 1. The molecule has 0 saturated heterocycles. The second-order valence-electron chi connectivity index (χ2n) is 8.77. The van der Waals surface area contributed by atoms with Crippen LogP contribution in [-0.4, -0.2) is 20.0 Å². The van der Waals surface area contributed by atoms with Gasteiger partial charge >= 0.3 is 5.69 Å². The molecule has 0 aliphatic heterocycles. The van der Waals surface area contributed by atoms with Gasteiger partial charge in [0, 0.05) is 39.4 Å². The molecule has 0 radical (unpaired) electrons. The second-order valence-corrected chi connectivity index (χ2v) is 9.88. The molecule has 0 bridgehead atoms. The minimum absolute atomic E-state index is 0.124. The number of pyridine rings is 1. The van der Waals surface area contributed by atoms with Gasteiger partial charge in [0.2, 0.25) is 5.75 Å². The third-order valence-corrected chi connectivity index (χ3v) is 6.27. The van der Waals surface area contributed by atoms with E-state index >= 15 is 0 Å². The molecule has 2 heterocycles. The van der Waals surface area contributed by atoms with Gasteiger partial charge in [0.15, 0.2) is 0 Å². The maximum atomic E-state index is 12.7. The standard InChI is InChI=1S/C25H23N3O4S/c1-25(2,3)23-20(14-17-13-16-7-4-5-9-18(16)26-24(17)30)33-21(27-23)12-11-15-8-6-10-19(22(15)29)28(31)32/h4-13,29H,14H2,1-3H3,(H,26,30)/b12-11-. The van der Waals surface area contributed by atoms with Crippen LogP contribution in [0.3, 0.4) is 0 Å². The summed E-state index contributed by atoms with van der Waals surface area (Å²) in [6, 6.07) is 14.0. The van der Waals surface area contributed by atoms with Crippen LogP contribution in [0.15, 0.2) is 53.3 Å². The Labute approximate surface area is 194 Å². The van der Waals surface area contributed by atoms with E-state index < -0.39 is 4.92 Å². The summed E-state index contributed by atoms with van der Waals surface area (Å²) in [4.78, 5) is 31.8. The molecular weight excluding hydrogens is 438 g/mol. The Morgan fingerprint density at radius 2 is 1.91 bits per heavy atom. The summed E-state index contributed by atoms with van der Waals surface area (Å²) in [6.07, 6.45) is 3.79. The highest BCUT2D eigenvalue weighted by molar-refractivity contribution is 7.12. The molecule has 168 valence electrons. The minimum atomic E-state index is -0.618. The Bertz CT molecular complexity index is 1440. The van der Waals surface area contributed by atoms with Gasteiger partial charge < -0.3 is 10.1 Å². The van der Waals surface area contributed by atoms with Crippen LogP contribution >= 0.6 is 11.3 Å². The number of hydrogen-bond acceptors (Lipinski definition) is 6. The number of thiazole rings is 1. The molecule has 2 aromatic carbocycles. The Balaban J connectivity index is 1.71. The zero-order valence-corrected chi connectivity index (χ0v) is 19.3. The molecule has 8 heteroatoms. The van der Waals surface area contributed by atoms with E-state index in [4.69, 9.17) is 4.98 Å². The fraction of sp³-hybridized carbons (Fsp3) is 0.200. The van der Waals surface area contributed by atoms with Gasteiger partial charge in [-0.25, -0.2) is 4.98 Å². The number of hydrogen-bond donors (Lipinski definition) is 2. The number of nitro benzene ring substituents is 1. The maximum Gasteiger partial charge on any atom is 0.311 e. The van der Waals surface area contributed by atoms with Crippen molar-refractivity contribution in [3.05, 3.63) is 95.7 Å². The number of fused-ring (bicyclic) bond motifs is 1. The zero-order chi connectivity index (χ0) is 23.8. The van der Waals surface area contributed by atoms with E-state index in [1.165, 1.54) is 23.5 Å². The fourth-order valence-electron chi connectivity index (χ4n) is 3.64. The summed E-state index contributed by atoms with van der Waals surface area (Å²) in [5.41, 5.74) is 1.98. The van der Waals surface area contributed by atoms with Gasteiger partial charge in [-0.2, -0.15) is 0 Å². The summed E-state index contributed by atoms with van der Waals surface area (Å²) in [5, 5.41) is 22.9. The first-order valence-corrected chi connectivity index (χ1v) is 11.2. The number of phenolic OH excluding ortho intramolecular Hbond substituents is 1. The molecule has 33 heavy (non-hydrogen) atoms. The summed E-state index contributed by atoms with van der Waals surface area (Å²) < 4.78 is 0. The minimum Gasteiger partial charge on any atom is -0.502 e. The fourth-order valence-corrected chi connectivity index (χ4v) is 4.84. The third-order valence-electron chi connectivity index (χ3n) is 5.25. The highest BCUT2D eigenvalue weighted by Gasteiger charge is 2.24. The molecule has 0 atom stereocenters. The van der Waals surface area contributed by atoms with Gasteiger partial charge in [0.05, 0.1) is 10.6 Å². The first-order valence-electron chi connectivity index (χ1n) is 10.4. The van der Waals surface area contributed by atoms with Crippen molar-refractivity contribution < 1.29 is 10.0 Å². The SMILES string of the molecule is CC(C)(C)c1nc(/C=C\c2cccc([N+](=O)[O-])c2O)sc1Cc1cc2ccccc2[nH]c1=O. The van der Waals surface area contributed by atoms with Crippen molar-refractivity contribution in [2.45, 2.75) is 32.6 Å². The molecule has 4 aromatic rings. The number of rotatable bonds is 5. The molecule has 2 N–H and O–H groups in total. The lowest BCUT2D eigenvalue weighted by Gasteiger charge is -2.17. The first kappa shape index (κ1) is 22.4. The molecule has 0 aliphatic carbocycles. The number of nitrogens with zero attached hydrogens (tertiary/aromatic N) is 2. The lowest BCUT2D eigenvalue weighted by Crippen LogP contribution is -2.17. The summed E-state index contributed by atoms with van der Waals surface area (Å²) in [6.45, 7) is 6.20. The zero-order valence-electron chi connectivity index (χ0n) is 18.5. The number of aromatic hydroxyl groups is 1. The smallest absolute Gasteiger partial charge is 0.311 e. The van der Waals surface area contributed by atoms with Crippen molar-refractivity contribution in [1.82, 2.24) is 9.97 Å². The highest BCUT2D eigenvalue weighted by Crippen LogP contribution is 2.34. The van der Waals surface area contributed by atoms with E-state index in [0.29, 0.717) is 22.6 Å². The van der Waals surface area contributed by atoms with Crippen LogP contribution in [0.25, 0.3) is 23.1 Å². The number of phenols is 1. The molecule has 0 saturated carbocycles. The van der Waals surface area contributed by atoms with Crippen molar-refractivity contribution in [2.75, 3.05) is 0 Å². The van der Waals surface area contributed by atoms with Crippen LogP contribution in [0.4, 0.5) is 5.69 Å². The van der Waals surface area contributed by atoms with Crippen molar-refractivity contribution in [1.29, 1.82) is 0 Å². The van der Waals surface area contributed by atoms with Crippen LogP contribution in [0.1, 0.15) is 47.5 Å². The van der Waals surface area contributed by atoms with E-state index in [9.17, 15) is 20.0 Å².